The van der Waals surface area contributed by atoms with Crippen LogP contribution in [-0.2, 0) is 33.1 Å². The zero-order chi connectivity index (χ0) is 21.3. The summed E-state index contributed by atoms with van der Waals surface area (Å²) in [4.78, 5) is 11.1. The van der Waals surface area contributed by atoms with Crippen LogP contribution in [0.25, 0.3) is 0 Å². The molecular weight excluding hydrogens is 415 g/mol. The number of fused-ring (bicyclic) bond motifs is 9. The van der Waals surface area contributed by atoms with Gasteiger partial charge in [0.1, 0.15) is 0 Å². The fraction of sp³-hybridized carbons (Fsp3) is 0.143. The van der Waals surface area contributed by atoms with Crippen LogP contribution in [0.4, 0.5) is 0 Å². The highest BCUT2D eigenvalue weighted by atomic mass is 31.2. The van der Waals surface area contributed by atoms with Crippen LogP contribution in [0.1, 0.15) is 44.5 Å². The largest absolute Gasteiger partial charge is 0.332 e. The molecule has 2 spiro atoms. The van der Waals surface area contributed by atoms with Gasteiger partial charge in [-0.05, 0) is 57.3 Å². The smallest absolute Gasteiger partial charge is 0.328 e. The lowest BCUT2D eigenvalue weighted by Gasteiger charge is -2.49. The van der Waals surface area contributed by atoms with Gasteiger partial charge in [0.25, 0.3) is 0 Å². The summed E-state index contributed by atoms with van der Waals surface area (Å²) in [7, 11) is -2.11. The van der Waals surface area contributed by atoms with Crippen molar-refractivity contribution in [1.29, 1.82) is 0 Å². The molecule has 4 aromatic rings. The van der Waals surface area contributed by atoms with Crippen molar-refractivity contribution in [2.75, 3.05) is 0 Å². The van der Waals surface area contributed by atoms with Crippen molar-refractivity contribution >= 4 is 8.60 Å². The molecule has 1 aliphatic heterocycles. The lowest BCUT2D eigenvalue weighted by Crippen LogP contribution is -2.53. The van der Waals surface area contributed by atoms with E-state index < -0.39 is 19.8 Å². The number of hydrogen-bond acceptors (Lipinski definition) is 3. The maximum absolute atomic E-state index is 11.1. The molecule has 0 saturated carbocycles. The van der Waals surface area contributed by atoms with Gasteiger partial charge in [-0.25, -0.2) is 0 Å². The average Bonchev–Trinajstić information content (AvgIpc) is 3.13. The molecule has 3 aliphatic rings. The van der Waals surface area contributed by atoms with Crippen LogP contribution in [0.5, 0.6) is 0 Å². The molecular formula is C28H21O3P. The summed E-state index contributed by atoms with van der Waals surface area (Å²) in [5.41, 5.74) is 7.17. The molecule has 32 heavy (non-hydrogen) atoms. The monoisotopic (exact) mass is 436 g/mol. The van der Waals surface area contributed by atoms with Crippen molar-refractivity contribution in [3.8, 4) is 0 Å². The quantitative estimate of drug-likeness (QED) is 0.346. The highest BCUT2D eigenvalue weighted by molar-refractivity contribution is 7.41. The molecule has 0 bridgehead atoms. The van der Waals surface area contributed by atoms with Gasteiger partial charge >= 0.3 is 8.60 Å². The summed E-state index contributed by atoms with van der Waals surface area (Å²) in [5, 5.41) is 0. The minimum absolute atomic E-state index is 0.834. The van der Waals surface area contributed by atoms with E-state index in [1.165, 1.54) is 22.3 Å². The van der Waals surface area contributed by atoms with Crippen molar-refractivity contribution in [3.63, 3.8) is 0 Å². The predicted octanol–water partition coefficient (Wildman–Crippen LogP) is 5.95. The van der Waals surface area contributed by atoms with Gasteiger partial charge in [0.15, 0.2) is 11.2 Å². The van der Waals surface area contributed by atoms with Crippen molar-refractivity contribution < 1.29 is 13.9 Å². The van der Waals surface area contributed by atoms with Crippen LogP contribution in [-0.4, -0.2) is 4.89 Å². The van der Waals surface area contributed by atoms with E-state index in [1.54, 1.807) is 0 Å². The Labute approximate surface area is 188 Å². The molecule has 0 atom stereocenters. The topological polar surface area (TPSA) is 38.7 Å². The van der Waals surface area contributed by atoms with E-state index in [0.717, 1.165) is 35.1 Å². The predicted molar refractivity (Wildman–Crippen MR) is 124 cm³/mol. The number of rotatable bonds is 0. The Balaban J connectivity index is 1.68. The second-order valence-electron chi connectivity index (χ2n) is 8.76. The molecule has 4 heteroatoms. The van der Waals surface area contributed by atoms with Crippen molar-refractivity contribution in [3.05, 3.63) is 142 Å². The van der Waals surface area contributed by atoms with E-state index in [9.17, 15) is 4.89 Å². The van der Waals surface area contributed by atoms with Crippen molar-refractivity contribution in [2.45, 2.75) is 24.0 Å². The number of hydrogen-bond donors (Lipinski definition) is 1. The van der Waals surface area contributed by atoms with Gasteiger partial charge < -0.3 is 4.89 Å². The maximum Gasteiger partial charge on any atom is 0.332 e. The van der Waals surface area contributed by atoms with Crippen LogP contribution >= 0.6 is 8.60 Å². The lowest BCUT2D eigenvalue weighted by molar-refractivity contribution is -0.00192. The first-order valence-electron chi connectivity index (χ1n) is 10.9. The lowest BCUT2D eigenvalue weighted by atomic mass is 9.59. The molecule has 1 N–H and O–H groups in total. The zero-order valence-corrected chi connectivity index (χ0v) is 18.3. The Bertz CT molecular complexity index is 1180. The summed E-state index contributed by atoms with van der Waals surface area (Å²) < 4.78 is 13.3. The standard InChI is InChI=1S/C28H21O3P/c29-32-30-27(23-13-5-1-9-19(23)17-20-10-2-6-14-24(20)27)28(31-32)25-15-7-3-11-21(25)18-22-12-4-8-16-26(22)28/h1-16,29H,17-18H2. The van der Waals surface area contributed by atoms with E-state index >= 15 is 0 Å². The summed E-state index contributed by atoms with van der Waals surface area (Å²) in [6.07, 6.45) is 1.67. The van der Waals surface area contributed by atoms with E-state index in [-0.39, 0.29) is 0 Å². The summed E-state index contributed by atoms with van der Waals surface area (Å²) in [6, 6.07) is 33.8. The van der Waals surface area contributed by atoms with Crippen molar-refractivity contribution in [2.24, 2.45) is 0 Å². The van der Waals surface area contributed by atoms with Gasteiger partial charge in [0.2, 0.25) is 0 Å². The third kappa shape index (κ3) is 2.19. The molecule has 0 unspecified atom stereocenters. The molecule has 0 aromatic heterocycles. The summed E-state index contributed by atoms with van der Waals surface area (Å²) in [5.74, 6) is 0. The molecule has 2 aliphatic carbocycles. The molecule has 1 fully saturated rings. The van der Waals surface area contributed by atoms with Gasteiger partial charge in [-0.15, -0.1) is 0 Å². The van der Waals surface area contributed by atoms with E-state index in [1.807, 2.05) is 0 Å². The first kappa shape index (κ1) is 18.7. The zero-order valence-electron chi connectivity index (χ0n) is 17.4. The Hall–Kier alpha value is -2.81. The Morgan fingerprint density at radius 1 is 0.500 bits per heavy atom. The van der Waals surface area contributed by atoms with Gasteiger partial charge in [-0.3, -0.25) is 9.05 Å². The average molecular weight is 436 g/mol. The third-order valence-corrected chi connectivity index (χ3v) is 8.13. The minimum Gasteiger partial charge on any atom is -0.328 e. The van der Waals surface area contributed by atoms with Gasteiger partial charge in [-0.2, -0.15) is 0 Å². The van der Waals surface area contributed by atoms with E-state index in [0.29, 0.717) is 0 Å². The Morgan fingerprint density at radius 3 is 1.09 bits per heavy atom. The SMILES string of the molecule is OP1OC2(c3ccccc3Cc3ccccc32)C2(O1)c1ccccc1Cc1ccccc12. The highest BCUT2D eigenvalue weighted by Crippen LogP contribution is 2.71. The molecule has 3 nitrogen and oxygen atoms in total. The normalized spacial score (nSPS) is 19.3. The Morgan fingerprint density at radius 2 is 0.781 bits per heavy atom. The summed E-state index contributed by atoms with van der Waals surface area (Å²) in [6.45, 7) is 0. The van der Waals surface area contributed by atoms with E-state index in [2.05, 4.69) is 97.1 Å². The second-order valence-corrected chi connectivity index (χ2v) is 9.61. The fourth-order valence-corrected chi connectivity index (χ4v) is 7.27. The first-order valence-corrected chi connectivity index (χ1v) is 12.1. The van der Waals surface area contributed by atoms with Crippen LogP contribution in [0.2, 0.25) is 0 Å². The van der Waals surface area contributed by atoms with Crippen LogP contribution in [0.3, 0.4) is 0 Å². The summed E-state index contributed by atoms with van der Waals surface area (Å²) >= 11 is 0. The highest BCUT2D eigenvalue weighted by Gasteiger charge is 2.69. The first-order chi connectivity index (χ1) is 15.7. The van der Waals surface area contributed by atoms with Crippen molar-refractivity contribution in [1.82, 2.24) is 0 Å². The van der Waals surface area contributed by atoms with Gasteiger partial charge in [-0.1, -0.05) is 97.1 Å². The van der Waals surface area contributed by atoms with Crippen LogP contribution in [0, 0.1) is 0 Å². The fourth-order valence-electron chi connectivity index (χ4n) is 6.11. The molecule has 0 radical (unpaired) electrons. The van der Waals surface area contributed by atoms with Crippen LogP contribution in [0.15, 0.2) is 97.1 Å². The Kier molecular flexibility index (Phi) is 3.86. The van der Waals surface area contributed by atoms with Gasteiger partial charge in [0.05, 0.1) is 0 Å². The second kappa shape index (κ2) is 6.60. The molecule has 156 valence electrons. The maximum atomic E-state index is 11.1. The van der Waals surface area contributed by atoms with E-state index in [4.69, 9.17) is 9.05 Å². The molecule has 1 heterocycles. The minimum atomic E-state index is -2.11. The molecule has 7 rings (SSSR count). The third-order valence-electron chi connectivity index (χ3n) is 7.27. The van der Waals surface area contributed by atoms with Gasteiger partial charge in [0, 0.05) is 0 Å². The number of benzene rings is 4. The molecule has 1 saturated heterocycles. The molecule has 0 amide bonds. The molecule has 4 aromatic carbocycles. The van der Waals surface area contributed by atoms with Crippen LogP contribution < -0.4 is 0 Å².